The van der Waals surface area contributed by atoms with Gasteiger partial charge in [-0.05, 0) is 43.9 Å². The Kier molecular flexibility index (Phi) is 5.22. The second kappa shape index (κ2) is 6.75. The summed E-state index contributed by atoms with van der Waals surface area (Å²) in [6.07, 6.45) is 4.44. The van der Waals surface area contributed by atoms with Crippen molar-refractivity contribution >= 4 is 17.5 Å². The number of benzene rings is 1. The zero-order valence-corrected chi connectivity index (χ0v) is 13.0. The fourth-order valence-electron chi connectivity index (χ4n) is 2.96. The Morgan fingerprint density at radius 3 is 2.95 bits per heavy atom. The molecule has 2 atom stereocenters. The van der Waals surface area contributed by atoms with Crippen LogP contribution in [0.15, 0.2) is 18.2 Å². The summed E-state index contributed by atoms with van der Waals surface area (Å²) in [4.78, 5) is 12.3. The highest BCUT2D eigenvalue weighted by Crippen LogP contribution is 2.31. The number of halogens is 2. The molecule has 0 aliphatic heterocycles. The molecule has 21 heavy (non-hydrogen) atoms. The topological polar surface area (TPSA) is 55.1 Å². The summed E-state index contributed by atoms with van der Waals surface area (Å²) in [6.45, 7) is 2.43. The van der Waals surface area contributed by atoms with Gasteiger partial charge in [0.15, 0.2) is 0 Å². The first-order valence-corrected chi connectivity index (χ1v) is 7.78. The fraction of sp³-hybridized carbons (Fsp3) is 0.562. The molecule has 3 N–H and O–H groups in total. The smallest absolute Gasteiger partial charge is 0.224 e. The zero-order chi connectivity index (χ0) is 15.5. The average Bonchev–Trinajstić information content (AvgIpc) is 2.40. The number of hydrogen-bond donors (Lipinski definition) is 2. The monoisotopic (exact) mass is 312 g/mol. The van der Waals surface area contributed by atoms with E-state index < -0.39 is 5.54 Å². The molecule has 1 aromatic carbocycles. The van der Waals surface area contributed by atoms with Gasteiger partial charge in [0.25, 0.3) is 0 Å². The van der Waals surface area contributed by atoms with Gasteiger partial charge in [-0.2, -0.15) is 0 Å². The molecule has 0 heterocycles. The molecule has 1 saturated carbocycles. The number of carbonyl (C=O) groups excluding carboxylic acids is 1. The Morgan fingerprint density at radius 2 is 2.29 bits per heavy atom. The average molecular weight is 313 g/mol. The minimum Gasteiger partial charge on any atom is -0.355 e. The van der Waals surface area contributed by atoms with Crippen LogP contribution in [-0.2, 0) is 11.2 Å². The van der Waals surface area contributed by atoms with Gasteiger partial charge in [-0.3, -0.25) is 4.79 Å². The van der Waals surface area contributed by atoms with Gasteiger partial charge in [-0.15, -0.1) is 0 Å². The SMILES string of the molecule is CC1(N)CCCCC1C(=O)NCCc1ccc(F)cc1Cl. The van der Waals surface area contributed by atoms with Crippen LogP contribution in [0, 0.1) is 11.7 Å². The van der Waals surface area contributed by atoms with Gasteiger partial charge in [0, 0.05) is 17.1 Å². The second-order valence-electron chi connectivity index (χ2n) is 6.08. The van der Waals surface area contributed by atoms with Crippen LogP contribution in [0.25, 0.3) is 0 Å². The van der Waals surface area contributed by atoms with E-state index in [-0.39, 0.29) is 17.6 Å². The minimum absolute atomic E-state index is 0.0120. The minimum atomic E-state index is -0.421. The molecule has 5 heteroatoms. The molecule has 1 amide bonds. The van der Waals surface area contributed by atoms with Crippen LogP contribution in [0.2, 0.25) is 5.02 Å². The molecule has 1 aromatic rings. The van der Waals surface area contributed by atoms with Crippen LogP contribution in [0.1, 0.15) is 38.2 Å². The number of hydrogen-bond acceptors (Lipinski definition) is 2. The molecule has 0 aromatic heterocycles. The first-order valence-electron chi connectivity index (χ1n) is 7.41. The van der Waals surface area contributed by atoms with E-state index in [0.717, 1.165) is 31.2 Å². The van der Waals surface area contributed by atoms with E-state index >= 15 is 0 Å². The van der Waals surface area contributed by atoms with Crippen molar-refractivity contribution in [1.29, 1.82) is 0 Å². The summed E-state index contributed by atoms with van der Waals surface area (Å²) >= 11 is 5.97. The van der Waals surface area contributed by atoms with Crippen molar-refractivity contribution < 1.29 is 9.18 Å². The van der Waals surface area contributed by atoms with E-state index in [4.69, 9.17) is 17.3 Å². The normalized spacial score (nSPS) is 25.6. The van der Waals surface area contributed by atoms with E-state index in [9.17, 15) is 9.18 Å². The van der Waals surface area contributed by atoms with Gasteiger partial charge in [-0.25, -0.2) is 4.39 Å². The van der Waals surface area contributed by atoms with E-state index in [0.29, 0.717) is 18.0 Å². The summed E-state index contributed by atoms with van der Waals surface area (Å²) < 4.78 is 13.0. The summed E-state index contributed by atoms with van der Waals surface area (Å²) in [5, 5.41) is 3.32. The zero-order valence-electron chi connectivity index (χ0n) is 12.3. The quantitative estimate of drug-likeness (QED) is 0.898. The predicted octanol–water partition coefficient (Wildman–Crippen LogP) is 3.05. The summed E-state index contributed by atoms with van der Waals surface area (Å²) in [6, 6.07) is 4.31. The number of carbonyl (C=O) groups is 1. The van der Waals surface area contributed by atoms with Crippen molar-refractivity contribution in [3.8, 4) is 0 Å². The van der Waals surface area contributed by atoms with Gasteiger partial charge < -0.3 is 11.1 Å². The molecule has 0 bridgehead atoms. The molecule has 2 unspecified atom stereocenters. The first kappa shape index (κ1) is 16.2. The van der Waals surface area contributed by atoms with E-state index in [1.54, 1.807) is 6.07 Å². The van der Waals surface area contributed by atoms with Gasteiger partial charge in [0.2, 0.25) is 5.91 Å². The lowest BCUT2D eigenvalue weighted by Gasteiger charge is -2.37. The molecule has 1 aliphatic carbocycles. The summed E-state index contributed by atoms with van der Waals surface area (Å²) in [7, 11) is 0. The van der Waals surface area contributed by atoms with Crippen molar-refractivity contribution in [3.05, 3.63) is 34.6 Å². The van der Waals surface area contributed by atoms with Crippen molar-refractivity contribution in [2.45, 2.75) is 44.6 Å². The molecule has 1 aliphatic rings. The third kappa shape index (κ3) is 4.17. The third-order valence-corrected chi connectivity index (χ3v) is 4.63. The standard InChI is InChI=1S/C16H22ClFN2O/c1-16(19)8-3-2-4-13(16)15(21)20-9-7-11-5-6-12(18)10-14(11)17/h5-6,10,13H,2-4,7-9,19H2,1H3,(H,20,21). The van der Waals surface area contributed by atoms with E-state index in [1.165, 1.54) is 12.1 Å². The van der Waals surface area contributed by atoms with Crippen molar-refractivity contribution in [2.24, 2.45) is 11.7 Å². The predicted molar refractivity (Wildman–Crippen MR) is 82.7 cm³/mol. The second-order valence-corrected chi connectivity index (χ2v) is 6.49. The Morgan fingerprint density at radius 1 is 1.52 bits per heavy atom. The molecular formula is C16H22ClFN2O. The van der Waals surface area contributed by atoms with Gasteiger partial charge in [-0.1, -0.05) is 30.5 Å². The Hall–Kier alpha value is -1.13. The third-order valence-electron chi connectivity index (χ3n) is 4.28. The van der Waals surface area contributed by atoms with Crippen molar-refractivity contribution in [3.63, 3.8) is 0 Å². The highest BCUT2D eigenvalue weighted by molar-refractivity contribution is 6.31. The molecular weight excluding hydrogens is 291 g/mol. The number of nitrogens with two attached hydrogens (primary N) is 1. The first-order chi connectivity index (χ1) is 9.90. The molecule has 2 rings (SSSR count). The highest BCUT2D eigenvalue weighted by atomic mass is 35.5. The molecule has 0 saturated heterocycles. The van der Waals surface area contributed by atoms with Crippen LogP contribution in [0.4, 0.5) is 4.39 Å². The lowest BCUT2D eigenvalue weighted by Crippen LogP contribution is -2.53. The van der Waals surface area contributed by atoms with Crippen LogP contribution >= 0.6 is 11.6 Å². The van der Waals surface area contributed by atoms with Crippen molar-refractivity contribution in [2.75, 3.05) is 6.54 Å². The maximum absolute atomic E-state index is 13.0. The van der Waals surface area contributed by atoms with Crippen LogP contribution in [0.3, 0.4) is 0 Å². The molecule has 116 valence electrons. The Balaban J connectivity index is 1.86. The number of amides is 1. The van der Waals surface area contributed by atoms with Crippen LogP contribution in [0.5, 0.6) is 0 Å². The number of rotatable bonds is 4. The lowest BCUT2D eigenvalue weighted by molar-refractivity contribution is -0.128. The largest absolute Gasteiger partial charge is 0.355 e. The summed E-state index contributed by atoms with van der Waals surface area (Å²) in [5.41, 5.74) is 6.63. The molecule has 3 nitrogen and oxygen atoms in total. The maximum Gasteiger partial charge on any atom is 0.224 e. The molecule has 0 spiro atoms. The molecule has 1 fully saturated rings. The van der Waals surface area contributed by atoms with Crippen molar-refractivity contribution in [1.82, 2.24) is 5.32 Å². The lowest BCUT2D eigenvalue weighted by atomic mass is 9.74. The number of nitrogens with one attached hydrogen (secondary N) is 1. The van der Waals surface area contributed by atoms with E-state index in [2.05, 4.69) is 5.32 Å². The van der Waals surface area contributed by atoms with E-state index in [1.807, 2.05) is 6.92 Å². The highest BCUT2D eigenvalue weighted by Gasteiger charge is 2.37. The van der Waals surface area contributed by atoms with Crippen LogP contribution < -0.4 is 11.1 Å². The summed E-state index contributed by atoms with van der Waals surface area (Å²) in [5.74, 6) is -0.471. The van der Waals surface area contributed by atoms with Gasteiger partial charge in [0.1, 0.15) is 5.82 Å². The van der Waals surface area contributed by atoms with Gasteiger partial charge >= 0.3 is 0 Å². The van der Waals surface area contributed by atoms with Crippen LogP contribution in [-0.4, -0.2) is 18.0 Å². The Bertz CT molecular complexity index is 519. The molecule has 0 radical (unpaired) electrons. The van der Waals surface area contributed by atoms with Gasteiger partial charge in [0.05, 0.1) is 5.92 Å². The Labute approximate surface area is 130 Å². The maximum atomic E-state index is 13.0. The fourth-order valence-corrected chi connectivity index (χ4v) is 3.22.